The van der Waals surface area contributed by atoms with Crippen molar-refractivity contribution in [1.29, 1.82) is 0 Å². The summed E-state index contributed by atoms with van der Waals surface area (Å²) in [6.07, 6.45) is 6.46. The molecule has 2 nitrogen and oxygen atoms in total. The molecule has 1 aromatic heterocycles. The molecule has 2 bridgehead atoms. The van der Waals surface area contributed by atoms with Gasteiger partial charge in [-0.1, -0.05) is 6.07 Å². The highest BCUT2D eigenvalue weighted by Crippen LogP contribution is 2.65. The maximum absolute atomic E-state index is 4.46. The minimum atomic E-state index is 0.822. The lowest BCUT2D eigenvalue weighted by molar-refractivity contribution is 0.456. The van der Waals surface area contributed by atoms with Crippen molar-refractivity contribution >= 4 is 0 Å². The fourth-order valence-corrected chi connectivity index (χ4v) is 4.52. The average molecular weight is 228 g/mol. The highest BCUT2D eigenvalue weighted by atomic mass is 15.0. The molecule has 0 aromatic carbocycles. The van der Waals surface area contributed by atoms with Crippen LogP contribution in [-0.4, -0.2) is 11.0 Å². The van der Waals surface area contributed by atoms with E-state index in [2.05, 4.69) is 23.3 Å². The van der Waals surface area contributed by atoms with Gasteiger partial charge in [-0.25, -0.2) is 0 Å². The van der Waals surface area contributed by atoms with Crippen LogP contribution in [-0.2, 0) is 6.54 Å². The van der Waals surface area contributed by atoms with Crippen molar-refractivity contribution in [2.75, 3.05) is 0 Å². The van der Waals surface area contributed by atoms with Crippen LogP contribution in [0, 0.1) is 30.6 Å². The molecule has 1 N–H and O–H groups in total. The highest BCUT2D eigenvalue weighted by molar-refractivity contribution is 5.20. The van der Waals surface area contributed by atoms with E-state index in [1.807, 2.05) is 12.3 Å². The van der Waals surface area contributed by atoms with Crippen LogP contribution in [0.2, 0.25) is 0 Å². The molecule has 4 rings (SSSR count). The van der Waals surface area contributed by atoms with E-state index >= 15 is 0 Å². The first kappa shape index (κ1) is 10.1. The third-order valence-corrected chi connectivity index (χ3v) is 5.36. The first-order valence-electron chi connectivity index (χ1n) is 6.98. The van der Waals surface area contributed by atoms with Crippen LogP contribution in [0.5, 0.6) is 0 Å². The minimum absolute atomic E-state index is 0.822. The SMILES string of the molecule is Cc1cccnc1CNC1C2C3CCC(C3)C12. The monoisotopic (exact) mass is 228 g/mol. The standard InChI is InChI=1S/C15H20N2/c1-9-3-2-6-16-12(9)8-17-15-13-10-4-5-11(7-10)14(13)15/h2-3,6,10-11,13-15,17H,4-5,7-8H2,1H3. The molecule has 3 aliphatic rings. The van der Waals surface area contributed by atoms with Crippen LogP contribution in [0.25, 0.3) is 0 Å². The Morgan fingerprint density at radius 1 is 1.29 bits per heavy atom. The molecule has 0 spiro atoms. The van der Waals surface area contributed by atoms with Crippen molar-refractivity contribution in [1.82, 2.24) is 10.3 Å². The van der Waals surface area contributed by atoms with Gasteiger partial charge in [-0.05, 0) is 61.5 Å². The smallest absolute Gasteiger partial charge is 0.0570 e. The van der Waals surface area contributed by atoms with Crippen molar-refractivity contribution in [3.63, 3.8) is 0 Å². The summed E-state index contributed by atoms with van der Waals surface area (Å²) in [6.45, 7) is 3.12. The van der Waals surface area contributed by atoms with E-state index in [0.29, 0.717) is 0 Å². The molecule has 4 atom stereocenters. The molecule has 3 fully saturated rings. The van der Waals surface area contributed by atoms with Gasteiger partial charge in [0.2, 0.25) is 0 Å². The Kier molecular flexibility index (Phi) is 2.10. The van der Waals surface area contributed by atoms with Crippen molar-refractivity contribution in [2.45, 2.75) is 38.8 Å². The Morgan fingerprint density at radius 3 is 2.76 bits per heavy atom. The molecular formula is C15H20N2. The van der Waals surface area contributed by atoms with Crippen molar-refractivity contribution in [2.24, 2.45) is 23.7 Å². The molecule has 1 aromatic rings. The maximum atomic E-state index is 4.46. The lowest BCUT2D eigenvalue weighted by Crippen LogP contribution is -2.23. The predicted octanol–water partition coefficient (Wildman–Crippen LogP) is 2.52. The van der Waals surface area contributed by atoms with Crippen LogP contribution >= 0.6 is 0 Å². The Hall–Kier alpha value is -0.890. The third kappa shape index (κ3) is 1.46. The quantitative estimate of drug-likeness (QED) is 0.860. The first-order chi connectivity index (χ1) is 8.34. The first-order valence-corrected chi connectivity index (χ1v) is 6.98. The Morgan fingerprint density at radius 2 is 2.06 bits per heavy atom. The second-order valence-electron chi connectivity index (χ2n) is 6.16. The molecule has 1 heterocycles. The van der Waals surface area contributed by atoms with E-state index in [4.69, 9.17) is 0 Å². The van der Waals surface area contributed by atoms with Crippen LogP contribution in [0.3, 0.4) is 0 Å². The van der Waals surface area contributed by atoms with Gasteiger partial charge in [0.15, 0.2) is 0 Å². The number of hydrogen-bond donors (Lipinski definition) is 1. The Bertz CT molecular complexity index is 426. The molecule has 3 aliphatic carbocycles. The summed E-state index contributed by atoms with van der Waals surface area (Å²) in [7, 11) is 0. The van der Waals surface area contributed by atoms with Gasteiger partial charge in [0, 0.05) is 18.8 Å². The normalized spacial score (nSPS) is 41.6. The lowest BCUT2D eigenvalue weighted by Gasteiger charge is -2.11. The maximum Gasteiger partial charge on any atom is 0.0570 e. The molecular weight excluding hydrogens is 208 g/mol. The summed E-state index contributed by atoms with van der Waals surface area (Å²) >= 11 is 0. The van der Waals surface area contributed by atoms with Gasteiger partial charge in [0.05, 0.1) is 5.69 Å². The van der Waals surface area contributed by atoms with Gasteiger partial charge < -0.3 is 5.32 Å². The molecule has 0 radical (unpaired) electrons. The topological polar surface area (TPSA) is 24.9 Å². The number of rotatable bonds is 3. The number of aryl methyl sites for hydroxylation is 1. The van der Waals surface area contributed by atoms with Crippen molar-refractivity contribution in [3.05, 3.63) is 29.6 Å². The molecule has 0 amide bonds. The summed E-state index contributed by atoms with van der Waals surface area (Å²) in [4.78, 5) is 4.46. The van der Waals surface area contributed by atoms with Gasteiger partial charge in [-0.15, -0.1) is 0 Å². The Labute approximate surface area is 103 Å². The van der Waals surface area contributed by atoms with Gasteiger partial charge in [0.25, 0.3) is 0 Å². The summed E-state index contributed by atoms with van der Waals surface area (Å²) < 4.78 is 0. The Balaban J connectivity index is 1.40. The summed E-state index contributed by atoms with van der Waals surface area (Å²) in [5, 5.41) is 3.75. The molecule has 90 valence electrons. The van der Waals surface area contributed by atoms with Crippen LogP contribution in [0.4, 0.5) is 0 Å². The number of aromatic nitrogens is 1. The number of fused-ring (bicyclic) bond motifs is 5. The number of nitrogens with one attached hydrogen (secondary N) is 1. The average Bonchev–Trinajstić information content (AvgIpc) is 2.74. The van der Waals surface area contributed by atoms with E-state index in [-0.39, 0.29) is 0 Å². The minimum Gasteiger partial charge on any atom is -0.308 e. The van der Waals surface area contributed by atoms with Crippen LogP contribution < -0.4 is 5.32 Å². The fraction of sp³-hybridized carbons (Fsp3) is 0.667. The molecule has 17 heavy (non-hydrogen) atoms. The fourth-order valence-electron chi connectivity index (χ4n) is 4.52. The second-order valence-corrected chi connectivity index (χ2v) is 6.16. The second kappa shape index (κ2) is 3.55. The molecule has 3 saturated carbocycles. The number of nitrogens with zero attached hydrogens (tertiary/aromatic N) is 1. The third-order valence-electron chi connectivity index (χ3n) is 5.36. The van der Waals surface area contributed by atoms with Gasteiger partial charge in [0.1, 0.15) is 0 Å². The van der Waals surface area contributed by atoms with E-state index in [9.17, 15) is 0 Å². The van der Waals surface area contributed by atoms with Gasteiger partial charge in [-0.3, -0.25) is 4.98 Å². The van der Waals surface area contributed by atoms with Gasteiger partial charge >= 0.3 is 0 Å². The largest absolute Gasteiger partial charge is 0.308 e. The number of pyridine rings is 1. The van der Waals surface area contributed by atoms with Gasteiger partial charge in [-0.2, -0.15) is 0 Å². The summed E-state index contributed by atoms with van der Waals surface area (Å²) in [5.41, 5.74) is 2.54. The molecule has 0 saturated heterocycles. The summed E-state index contributed by atoms with van der Waals surface area (Å²) in [5.74, 6) is 4.18. The zero-order valence-corrected chi connectivity index (χ0v) is 10.4. The predicted molar refractivity (Wildman–Crippen MR) is 67.4 cm³/mol. The zero-order chi connectivity index (χ0) is 11.4. The van der Waals surface area contributed by atoms with Crippen molar-refractivity contribution in [3.8, 4) is 0 Å². The molecule has 0 aliphatic heterocycles. The van der Waals surface area contributed by atoms with E-state index in [1.165, 1.54) is 30.5 Å². The number of hydrogen-bond acceptors (Lipinski definition) is 2. The van der Waals surface area contributed by atoms with Crippen LogP contribution in [0.1, 0.15) is 30.5 Å². The van der Waals surface area contributed by atoms with Crippen LogP contribution in [0.15, 0.2) is 18.3 Å². The highest BCUT2D eigenvalue weighted by Gasteiger charge is 2.64. The van der Waals surface area contributed by atoms with Crippen molar-refractivity contribution < 1.29 is 0 Å². The summed E-state index contributed by atoms with van der Waals surface area (Å²) in [6, 6.07) is 4.99. The molecule has 2 heteroatoms. The van der Waals surface area contributed by atoms with E-state index < -0.39 is 0 Å². The van der Waals surface area contributed by atoms with E-state index in [0.717, 1.165) is 36.3 Å². The lowest BCUT2D eigenvalue weighted by atomic mass is 10.0. The molecule has 4 unspecified atom stereocenters. The zero-order valence-electron chi connectivity index (χ0n) is 10.4. The van der Waals surface area contributed by atoms with E-state index in [1.54, 1.807) is 0 Å².